The van der Waals surface area contributed by atoms with E-state index in [-0.39, 0.29) is 18.1 Å². The van der Waals surface area contributed by atoms with E-state index in [1.807, 2.05) is 0 Å². The molecule has 1 unspecified atom stereocenters. The van der Waals surface area contributed by atoms with Gasteiger partial charge in [-0.2, -0.15) is 0 Å². The van der Waals surface area contributed by atoms with Gasteiger partial charge in [-0.3, -0.25) is 9.59 Å². The van der Waals surface area contributed by atoms with Crippen LogP contribution in [-0.2, 0) is 4.79 Å². The van der Waals surface area contributed by atoms with Gasteiger partial charge in [-0.25, -0.2) is 0 Å². The molecule has 0 heterocycles. The SMILES string of the molecule is CC(C)C(CC(=O)c1cccc(Cl)c1)C(=O)O. The molecular weight excluding hydrogens is 240 g/mol. The van der Waals surface area contributed by atoms with Gasteiger partial charge in [0.25, 0.3) is 0 Å². The summed E-state index contributed by atoms with van der Waals surface area (Å²) < 4.78 is 0. The first-order valence-electron chi connectivity index (χ1n) is 5.43. The number of Topliss-reactive ketones (excluding diaryl/α,β-unsaturated/α-hetero) is 1. The third kappa shape index (κ3) is 3.86. The lowest BCUT2D eigenvalue weighted by Gasteiger charge is -2.15. The monoisotopic (exact) mass is 254 g/mol. The van der Waals surface area contributed by atoms with E-state index in [4.69, 9.17) is 16.7 Å². The number of benzene rings is 1. The molecule has 0 aliphatic heterocycles. The van der Waals surface area contributed by atoms with Crippen molar-refractivity contribution in [2.75, 3.05) is 0 Å². The summed E-state index contributed by atoms with van der Waals surface area (Å²) in [5.74, 6) is -1.85. The van der Waals surface area contributed by atoms with E-state index < -0.39 is 11.9 Å². The van der Waals surface area contributed by atoms with Crippen molar-refractivity contribution < 1.29 is 14.7 Å². The summed E-state index contributed by atoms with van der Waals surface area (Å²) in [5.41, 5.74) is 0.462. The highest BCUT2D eigenvalue weighted by Gasteiger charge is 2.25. The molecule has 1 aromatic rings. The molecule has 3 nitrogen and oxygen atoms in total. The number of carboxylic acid groups (broad SMARTS) is 1. The predicted octanol–water partition coefficient (Wildman–Crippen LogP) is 3.27. The first-order chi connectivity index (χ1) is 7.91. The number of aliphatic carboxylic acids is 1. The lowest BCUT2D eigenvalue weighted by molar-refractivity contribution is -0.143. The molecule has 0 aliphatic carbocycles. The van der Waals surface area contributed by atoms with Crippen LogP contribution in [-0.4, -0.2) is 16.9 Å². The van der Waals surface area contributed by atoms with Crippen molar-refractivity contribution in [2.24, 2.45) is 11.8 Å². The minimum Gasteiger partial charge on any atom is -0.481 e. The Morgan fingerprint density at radius 1 is 1.35 bits per heavy atom. The molecule has 1 atom stereocenters. The lowest BCUT2D eigenvalue weighted by Crippen LogP contribution is -2.23. The van der Waals surface area contributed by atoms with Crippen LogP contribution in [0.1, 0.15) is 30.6 Å². The molecule has 1 rings (SSSR count). The van der Waals surface area contributed by atoms with Crippen molar-refractivity contribution in [1.82, 2.24) is 0 Å². The zero-order valence-electron chi connectivity index (χ0n) is 9.81. The number of rotatable bonds is 5. The molecule has 0 saturated heterocycles. The summed E-state index contributed by atoms with van der Waals surface area (Å²) in [6, 6.07) is 6.56. The van der Waals surface area contributed by atoms with E-state index in [1.165, 1.54) is 0 Å². The number of hydrogen-bond acceptors (Lipinski definition) is 2. The van der Waals surface area contributed by atoms with Crippen LogP contribution in [0.3, 0.4) is 0 Å². The Bertz CT molecular complexity index is 426. The van der Waals surface area contributed by atoms with Crippen LogP contribution in [0.25, 0.3) is 0 Å². The summed E-state index contributed by atoms with van der Waals surface area (Å²) in [5, 5.41) is 9.49. The molecule has 0 amide bonds. The van der Waals surface area contributed by atoms with Crippen molar-refractivity contribution in [3.05, 3.63) is 34.9 Å². The highest BCUT2D eigenvalue weighted by Crippen LogP contribution is 2.20. The van der Waals surface area contributed by atoms with Crippen LogP contribution in [0.4, 0.5) is 0 Å². The fourth-order valence-electron chi connectivity index (χ4n) is 1.59. The number of ketones is 1. The van der Waals surface area contributed by atoms with Crippen molar-refractivity contribution in [1.29, 1.82) is 0 Å². The Balaban J connectivity index is 2.81. The summed E-state index contributed by atoms with van der Waals surface area (Å²) in [4.78, 5) is 22.9. The summed E-state index contributed by atoms with van der Waals surface area (Å²) in [6.07, 6.45) is 0.00728. The minimum atomic E-state index is -0.935. The highest BCUT2D eigenvalue weighted by molar-refractivity contribution is 6.31. The molecular formula is C13H15ClO3. The zero-order chi connectivity index (χ0) is 13.0. The second-order valence-electron chi connectivity index (χ2n) is 4.33. The van der Waals surface area contributed by atoms with Crippen molar-refractivity contribution in [3.8, 4) is 0 Å². The van der Waals surface area contributed by atoms with E-state index in [1.54, 1.807) is 38.1 Å². The Labute approximate surface area is 105 Å². The predicted molar refractivity (Wildman–Crippen MR) is 66.4 cm³/mol. The molecule has 92 valence electrons. The molecule has 0 radical (unpaired) electrons. The van der Waals surface area contributed by atoms with Gasteiger partial charge in [0, 0.05) is 17.0 Å². The number of hydrogen-bond donors (Lipinski definition) is 1. The summed E-state index contributed by atoms with van der Waals surface area (Å²) in [6.45, 7) is 3.59. The van der Waals surface area contributed by atoms with Crippen LogP contribution in [0.5, 0.6) is 0 Å². The average Bonchev–Trinajstić information content (AvgIpc) is 2.24. The van der Waals surface area contributed by atoms with Crippen LogP contribution in [0, 0.1) is 11.8 Å². The maximum atomic E-state index is 11.9. The van der Waals surface area contributed by atoms with Crippen molar-refractivity contribution in [2.45, 2.75) is 20.3 Å². The molecule has 1 N–H and O–H groups in total. The Kier molecular flexibility index (Phi) is 4.70. The normalized spacial score (nSPS) is 12.5. The quantitative estimate of drug-likeness (QED) is 0.821. The Morgan fingerprint density at radius 3 is 2.47 bits per heavy atom. The molecule has 0 spiro atoms. The fourth-order valence-corrected chi connectivity index (χ4v) is 1.78. The molecule has 17 heavy (non-hydrogen) atoms. The van der Waals surface area contributed by atoms with Crippen LogP contribution in [0.2, 0.25) is 5.02 Å². The average molecular weight is 255 g/mol. The second-order valence-corrected chi connectivity index (χ2v) is 4.76. The third-order valence-electron chi connectivity index (χ3n) is 2.67. The molecule has 0 aliphatic rings. The summed E-state index contributed by atoms with van der Waals surface area (Å²) in [7, 11) is 0. The largest absolute Gasteiger partial charge is 0.481 e. The van der Waals surface area contributed by atoms with Gasteiger partial charge in [-0.05, 0) is 18.1 Å². The molecule has 0 fully saturated rings. The van der Waals surface area contributed by atoms with Crippen LogP contribution in [0.15, 0.2) is 24.3 Å². The fraction of sp³-hybridized carbons (Fsp3) is 0.385. The van der Waals surface area contributed by atoms with Gasteiger partial charge >= 0.3 is 5.97 Å². The van der Waals surface area contributed by atoms with Crippen molar-refractivity contribution in [3.63, 3.8) is 0 Å². The van der Waals surface area contributed by atoms with E-state index in [0.29, 0.717) is 10.6 Å². The smallest absolute Gasteiger partial charge is 0.307 e. The first kappa shape index (κ1) is 13.7. The number of carbonyl (C=O) groups excluding carboxylic acids is 1. The molecule has 0 bridgehead atoms. The van der Waals surface area contributed by atoms with Crippen LogP contribution >= 0.6 is 11.6 Å². The molecule has 1 aromatic carbocycles. The highest BCUT2D eigenvalue weighted by atomic mass is 35.5. The topological polar surface area (TPSA) is 54.4 Å². The van der Waals surface area contributed by atoms with Gasteiger partial charge in [-0.1, -0.05) is 37.6 Å². The standard InChI is InChI=1S/C13H15ClO3/c1-8(2)11(13(16)17)7-12(15)9-4-3-5-10(14)6-9/h3-6,8,11H,7H2,1-2H3,(H,16,17). The zero-order valence-corrected chi connectivity index (χ0v) is 10.6. The maximum Gasteiger partial charge on any atom is 0.307 e. The minimum absolute atomic E-state index is 0.00728. The van der Waals surface area contributed by atoms with Gasteiger partial charge in [0.1, 0.15) is 0 Å². The molecule has 0 aromatic heterocycles. The van der Waals surface area contributed by atoms with E-state index in [2.05, 4.69) is 0 Å². The lowest BCUT2D eigenvalue weighted by atomic mass is 9.89. The first-order valence-corrected chi connectivity index (χ1v) is 5.81. The van der Waals surface area contributed by atoms with Gasteiger partial charge < -0.3 is 5.11 Å². The number of carboxylic acids is 1. The van der Waals surface area contributed by atoms with Gasteiger partial charge in [0.2, 0.25) is 0 Å². The van der Waals surface area contributed by atoms with Gasteiger partial charge in [0.05, 0.1) is 5.92 Å². The Morgan fingerprint density at radius 2 is 2.00 bits per heavy atom. The van der Waals surface area contributed by atoms with Crippen molar-refractivity contribution >= 4 is 23.4 Å². The second kappa shape index (κ2) is 5.82. The Hall–Kier alpha value is -1.35. The van der Waals surface area contributed by atoms with E-state index in [9.17, 15) is 9.59 Å². The molecule has 4 heteroatoms. The third-order valence-corrected chi connectivity index (χ3v) is 2.91. The van der Waals surface area contributed by atoms with Gasteiger partial charge in [-0.15, -0.1) is 0 Å². The van der Waals surface area contributed by atoms with E-state index >= 15 is 0 Å². The van der Waals surface area contributed by atoms with Crippen LogP contribution < -0.4 is 0 Å². The summed E-state index contributed by atoms with van der Waals surface area (Å²) >= 11 is 5.78. The van der Waals surface area contributed by atoms with Gasteiger partial charge in [0.15, 0.2) is 5.78 Å². The number of halogens is 1. The van der Waals surface area contributed by atoms with E-state index in [0.717, 1.165) is 0 Å². The molecule has 0 saturated carbocycles. The maximum absolute atomic E-state index is 11.9. The number of carbonyl (C=O) groups is 2.